The number of amides is 1. The van der Waals surface area contributed by atoms with Gasteiger partial charge >= 0.3 is 0 Å². The number of likely N-dealkylation sites (tertiary alicyclic amines) is 1. The quantitative estimate of drug-likeness (QED) is 0.806. The van der Waals surface area contributed by atoms with Crippen LogP contribution in [0.25, 0.3) is 0 Å². The highest BCUT2D eigenvalue weighted by molar-refractivity contribution is 5.85. The second kappa shape index (κ2) is 8.73. The van der Waals surface area contributed by atoms with Gasteiger partial charge in [-0.15, -0.1) is 12.4 Å². The van der Waals surface area contributed by atoms with Crippen molar-refractivity contribution in [1.82, 2.24) is 4.90 Å². The standard InChI is InChI=1S/C13H26N2O2.ClH/c1-10(2)6-8-17-11(3)13(16)15-7-4-5-12(15)9-14;/h10-12H,4-9,14H2,1-3H3;1H. The molecule has 0 radical (unpaired) electrons. The first-order valence-electron chi connectivity index (χ1n) is 6.68. The molecular formula is C13H27ClN2O2. The lowest BCUT2D eigenvalue weighted by Crippen LogP contribution is -2.45. The van der Waals surface area contributed by atoms with Gasteiger partial charge in [0.1, 0.15) is 6.10 Å². The van der Waals surface area contributed by atoms with Gasteiger partial charge in [0.25, 0.3) is 5.91 Å². The van der Waals surface area contributed by atoms with Crippen LogP contribution in [0.15, 0.2) is 0 Å². The van der Waals surface area contributed by atoms with E-state index in [0.717, 1.165) is 25.8 Å². The molecule has 0 spiro atoms. The average molecular weight is 279 g/mol. The van der Waals surface area contributed by atoms with Crippen molar-refractivity contribution in [2.45, 2.75) is 52.2 Å². The van der Waals surface area contributed by atoms with Crippen LogP contribution in [0.4, 0.5) is 0 Å². The summed E-state index contributed by atoms with van der Waals surface area (Å²) in [5.41, 5.74) is 5.67. The molecule has 2 unspecified atom stereocenters. The average Bonchev–Trinajstić information content (AvgIpc) is 2.75. The van der Waals surface area contributed by atoms with E-state index in [1.54, 1.807) is 0 Å². The third-order valence-electron chi connectivity index (χ3n) is 3.34. The molecule has 4 nitrogen and oxygen atoms in total. The maximum atomic E-state index is 12.1. The highest BCUT2D eigenvalue weighted by atomic mass is 35.5. The maximum Gasteiger partial charge on any atom is 0.251 e. The van der Waals surface area contributed by atoms with Crippen LogP contribution in [0.3, 0.4) is 0 Å². The Morgan fingerprint density at radius 3 is 2.67 bits per heavy atom. The molecule has 1 aliphatic rings. The van der Waals surface area contributed by atoms with E-state index in [2.05, 4.69) is 13.8 Å². The van der Waals surface area contributed by atoms with Crippen LogP contribution >= 0.6 is 12.4 Å². The number of hydrogen-bond donors (Lipinski definition) is 1. The molecule has 108 valence electrons. The Morgan fingerprint density at radius 1 is 1.44 bits per heavy atom. The van der Waals surface area contributed by atoms with Crippen molar-refractivity contribution in [3.05, 3.63) is 0 Å². The van der Waals surface area contributed by atoms with Gasteiger partial charge in [-0.25, -0.2) is 0 Å². The van der Waals surface area contributed by atoms with Gasteiger partial charge in [0.15, 0.2) is 0 Å². The fraction of sp³-hybridized carbons (Fsp3) is 0.923. The van der Waals surface area contributed by atoms with Crippen LogP contribution in [0, 0.1) is 5.92 Å². The number of nitrogens with two attached hydrogens (primary N) is 1. The molecule has 0 bridgehead atoms. The lowest BCUT2D eigenvalue weighted by atomic mass is 10.1. The topological polar surface area (TPSA) is 55.6 Å². The van der Waals surface area contributed by atoms with E-state index in [4.69, 9.17) is 10.5 Å². The fourth-order valence-electron chi connectivity index (χ4n) is 2.16. The number of nitrogens with zero attached hydrogens (tertiary/aromatic N) is 1. The van der Waals surface area contributed by atoms with Gasteiger partial charge in [0.2, 0.25) is 0 Å². The smallest absolute Gasteiger partial charge is 0.251 e. The van der Waals surface area contributed by atoms with Gasteiger partial charge in [0, 0.05) is 25.7 Å². The summed E-state index contributed by atoms with van der Waals surface area (Å²) in [5, 5.41) is 0. The van der Waals surface area contributed by atoms with Crippen molar-refractivity contribution < 1.29 is 9.53 Å². The molecule has 0 aromatic heterocycles. The molecule has 1 rings (SSSR count). The zero-order valence-corrected chi connectivity index (χ0v) is 12.5. The van der Waals surface area contributed by atoms with Gasteiger partial charge in [0.05, 0.1) is 0 Å². The van der Waals surface area contributed by atoms with E-state index < -0.39 is 0 Å². The van der Waals surface area contributed by atoms with E-state index in [0.29, 0.717) is 19.1 Å². The minimum atomic E-state index is -0.333. The summed E-state index contributed by atoms with van der Waals surface area (Å²) in [4.78, 5) is 14.0. The molecule has 1 amide bonds. The minimum absolute atomic E-state index is 0. The van der Waals surface area contributed by atoms with Gasteiger partial charge in [-0.2, -0.15) is 0 Å². The van der Waals surface area contributed by atoms with Crippen LogP contribution in [0.1, 0.15) is 40.0 Å². The normalized spacial score (nSPS) is 20.9. The first kappa shape index (κ1) is 17.7. The summed E-state index contributed by atoms with van der Waals surface area (Å²) in [6.45, 7) is 8.20. The molecule has 0 saturated carbocycles. The summed E-state index contributed by atoms with van der Waals surface area (Å²) < 4.78 is 5.59. The maximum absolute atomic E-state index is 12.1. The Labute approximate surface area is 117 Å². The van der Waals surface area contributed by atoms with E-state index in [1.807, 2.05) is 11.8 Å². The van der Waals surface area contributed by atoms with Gasteiger partial charge in [-0.3, -0.25) is 4.79 Å². The monoisotopic (exact) mass is 278 g/mol. The first-order chi connectivity index (χ1) is 8.06. The molecule has 1 saturated heterocycles. The van der Waals surface area contributed by atoms with Crippen molar-refractivity contribution in [3.8, 4) is 0 Å². The second-order valence-electron chi connectivity index (χ2n) is 5.26. The van der Waals surface area contributed by atoms with Gasteiger partial charge < -0.3 is 15.4 Å². The molecule has 5 heteroatoms. The van der Waals surface area contributed by atoms with E-state index in [-0.39, 0.29) is 30.5 Å². The summed E-state index contributed by atoms with van der Waals surface area (Å²) in [6.07, 6.45) is 2.76. The minimum Gasteiger partial charge on any atom is -0.369 e. The Hall–Kier alpha value is -0.320. The number of halogens is 1. The molecule has 1 fully saturated rings. The van der Waals surface area contributed by atoms with Gasteiger partial charge in [-0.05, 0) is 32.1 Å². The molecule has 2 atom stereocenters. The van der Waals surface area contributed by atoms with Crippen molar-refractivity contribution in [2.24, 2.45) is 11.7 Å². The fourth-order valence-corrected chi connectivity index (χ4v) is 2.16. The molecule has 18 heavy (non-hydrogen) atoms. The lowest BCUT2D eigenvalue weighted by molar-refractivity contribution is -0.143. The van der Waals surface area contributed by atoms with Crippen LogP contribution in [0.2, 0.25) is 0 Å². The SMILES string of the molecule is CC(C)CCOC(C)C(=O)N1CCCC1CN.Cl. The summed E-state index contributed by atoms with van der Waals surface area (Å²) in [7, 11) is 0. The predicted octanol–water partition coefficient (Wildman–Crippen LogP) is 1.81. The van der Waals surface area contributed by atoms with Crippen LogP contribution in [-0.4, -0.2) is 42.6 Å². The molecular weight excluding hydrogens is 252 g/mol. The molecule has 0 aromatic rings. The Kier molecular flexibility index (Phi) is 8.57. The molecule has 0 aromatic carbocycles. The number of rotatable bonds is 6. The molecule has 1 aliphatic heterocycles. The first-order valence-corrected chi connectivity index (χ1v) is 6.68. The second-order valence-corrected chi connectivity index (χ2v) is 5.26. The van der Waals surface area contributed by atoms with Gasteiger partial charge in [-0.1, -0.05) is 13.8 Å². The highest BCUT2D eigenvalue weighted by Gasteiger charge is 2.30. The van der Waals surface area contributed by atoms with Crippen LogP contribution < -0.4 is 5.73 Å². The van der Waals surface area contributed by atoms with Crippen molar-refractivity contribution in [1.29, 1.82) is 0 Å². The third kappa shape index (κ3) is 5.12. The van der Waals surface area contributed by atoms with Crippen LogP contribution in [0.5, 0.6) is 0 Å². The number of hydrogen-bond acceptors (Lipinski definition) is 3. The number of ether oxygens (including phenoxy) is 1. The Balaban J connectivity index is 0.00000289. The molecule has 0 aliphatic carbocycles. The molecule has 2 N–H and O–H groups in total. The zero-order chi connectivity index (χ0) is 12.8. The Morgan fingerprint density at radius 2 is 2.11 bits per heavy atom. The number of carbonyl (C=O) groups excluding carboxylic acids is 1. The van der Waals surface area contributed by atoms with E-state index in [9.17, 15) is 4.79 Å². The van der Waals surface area contributed by atoms with E-state index >= 15 is 0 Å². The number of carbonyl (C=O) groups is 1. The zero-order valence-electron chi connectivity index (χ0n) is 11.7. The molecule has 1 heterocycles. The lowest BCUT2D eigenvalue weighted by Gasteiger charge is -2.26. The van der Waals surface area contributed by atoms with Crippen molar-refractivity contribution >= 4 is 18.3 Å². The summed E-state index contributed by atoms with van der Waals surface area (Å²) >= 11 is 0. The Bertz CT molecular complexity index is 249. The largest absolute Gasteiger partial charge is 0.369 e. The van der Waals surface area contributed by atoms with Crippen molar-refractivity contribution in [3.63, 3.8) is 0 Å². The van der Waals surface area contributed by atoms with E-state index in [1.165, 1.54) is 0 Å². The third-order valence-corrected chi connectivity index (χ3v) is 3.34. The summed E-state index contributed by atoms with van der Waals surface area (Å²) in [5.74, 6) is 0.711. The van der Waals surface area contributed by atoms with Crippen LogP contribution in [-0.2, 0) is 9.53 Å². The summed E-state index contributed by atoms with van der Waals surface area (Å²) in [6, 6.07) is 0.221. The van der Waals surface area contributed by atoms with Crippen molar-refractivity contribution in [2.75, 3.05) is 19.7 Å². The predicted molar refractivity (Wildman–Crippen MR) is 75.9 cm³/mol. The highest BCUT2D eigenvalue weighted by Crippen LogP contribution is 2.18.